The van der Waals surface area contributed by atoms with E-state index in [0.717, 1.165) is 29.4 Å². The summed E-state index contributed by atoms with van der Waals surface area (Å²) in [4.78, 5) is 2.48. The second kappa shape index (κ2) is 5.84. The molecule has 0 bridgehead atoms. The molecule has 4 heteroatoms. The second-order valence-electron chi connectivity index (χ2n) is 4.51. The van der Waals surface area contributed by atoms with Crippen LogP contribution in [0.2, 0.25) is 0 Å². The highest BCUT2D eigenvalue weighted by molar-refractivity contribution is 9.10. The average molecular weight is 287 g/mol. The Morgan fingerprint density at radius 2 is 2.44 bits per heavy atom. The zero-order valence-electron chi connectivity index (χ0n) is 9.71. The van der Waals surface area contributed by atoms with E-state index in [1.165, 1.54) is 25.9 Å². The lowest BCUT2D eigenvalue weighted by molar-refractivity contribution is 0.156. The van der Waals surface area contributed by atoms with Crippen molar-refractivity contribution < 1.29 is 4.42 Å². The van der Waals surface area contributed by atoms with Gasteiger partial charge in [0.1, 0.15) is 5.76 Å². The Morgan fingerprint density at radius 3 is 3.12 bits per heavy atom. The predicted octanol–water partition coefficient (Wildman–Crippen LogP) is 2.47. The van der Waals surface area contributed by atoms with Crippen LogP contribution >= 0.6 is 15.9 Å². The van der Waals surface area contributed by atoms with Crippen molar-refractivity contribution in [2.75, 3.05) is 26.7 Å². The molecule has 0 radical (unpaired) electrons. The molecule has 1 aliphatic heterocycles. The van der Waals surface area contributed by atoms with Crippen LogP contribution in [0.1, 0.15) is 18.6 Å². The molecule has 2 rings (SSSR count). The molecule has 1 fully saturated rings. The fraction of sp³-hybridized carbons (Fsp3) is 0.667. The van der Waals surface area contributed by atoms with E-state index in [-0.39, 0.29) is 0 Å². The van der Waals surface area contributed by atoms with Crippen molar-refractivity contribution in [2.45, 2.75) is 19.4 Å². The summed E-state index contributed by atoms with van der Waals surface area (Å²) in [5, 5.41) is 3.27. The molecule has 0 amide bonds. The summed E-state index contributed by atoms with van der Waals surface area (Å²) < 4.78 is 6.37. The van der Waals surface area contributed by atoms with Crippen molar-refractivity contribution in [3.63, 3.8) is 0 Å². The fourth-order valence-corrected chi connectivity index (χ4v) is 2.75. The van der Waals surface area contributed by atoms with Gasteiger partial charge in [-0.1, -0.05) is 0 Å². The maximum Gasteiger partial charge on any atom is 0.169 e. The van der Waals surface area contributed by atoms with E-state index in [1.807, 2.05) is 19.2 Å². The lowest BCUT2D eigenvalue weighted by atomic mass is 9.98. The maximum absolute atomic E-state index is 5.54. The highest BCUT2D eigenvalue weighted by atomic mass is 79.9. The van der Waals surface area contributed by atoms with Crippen LogP contribution < -0.4 is 5.32 Å². The first-order chi connectivity index (χ1) is 7.78. The van der Waals surface area contributed by atoms with Crippen LogP contribution in [0, 0.1) is 5.92 Å². The summed E-state index contributed by atoms with van der Waals surface area (Å²) in [5.74, 6) is 1.84. The van der Waals surface area contributed by atoms with Crippen molar-refractivity contribution in [3.8, 4) is 0 Å². The molecular weight excluding hydrogens is 268 g/mol. The van der Waals surface area contributed by atoms with Gasteiger partial charge in [-0.3, -0.25) is 4.90 Å². The van der Waals surface area contributed by atoms with Crippen molar-refractivity contribution >= 4 is 15.9 Å². The van der Waals surface area contributed by atoms with Crippen molar-refractivity contribution in [1.82, 2.24) is 10.2 Å². The first-order valence-electron chi connectivity index (χ1n) is 5.89. The number of nitrogens with one attached hydrogen (secondary N) is 1. The number of rotatable bonds is 4. The van der Waals surface area contributed by atoms with Crippen LogP contribution in [0.5, 0.6) is 0 Å². The second-order valence-corrected chi connectivity index (χ2v) is 5.29. The average Bonchev–Trinajstić information content (AvgIpc) is 2.65. The lowest BCUT2D eigenvalue weighted by Crippen LogP contribution is -2.38. The van der Waals surface area contributed by atoms with Crippen molar-refractivity contribution in [1.29, 1.82) is 0 Å². The molecule has 1 N–H and O–H groups in total. The standard InChI is InChI=1S/C12H19BrN2O/c1-14-7-10-3-2-6-15(8-10)9-11-4-5-12(13)16-11/h4-5,10,14H,2-3,6-9H2,1H3. The Hall–Kier alpha value is -0.320. The Kier molecular flexibility index (Phi) is 4.44. The minimum atomic E-state index is 0.789. The van der Waals surface area contributed by atoms with Crippen LogP contribution in [0.4, 0.5) is 0 Å². The lowest BCUT2D eigenvalue weighted by Gasteiger charge is -2.31. The summed E-state index contributed by atoms with van der Waals surface area (Å²) in [6, 6.07) is 4.01. The number of likely N-dealkylation sites (tertiary alicyclic amines) is 1. The molecule has 90 valence electrons. The largest absolute Gasteiger partial charge is 0.453 e. The molecule has 0 saturated carbocycles. The van der Waals surface area contributed by atoms with Gasteiger partial charge in [0.2, 0.25) is 0 Å². The quantitative estimate of drug-likeness (QED) is 0.922. The topological polar surface area (TPSA) is 28.4 Å². The van der Waals surface area contributed by atoms with Gasteiger partial charge < -0.3 is 9.73 Å². The number of hydrogen-bond acceptors (Lipinski definition) is 3. The predicted molar refractivity (Wildman–Crippen MR) is 68.3 cm³/mol. The van der Waals surface area contributed by atoms with Gasteiger partial charge in [-0.05, 0) is 67.0 Å². The van der Waals surface area contributed by atoms with Crippen LogP contribution in [-0.2, 0) is 6.54 Å². The summed E-state index contributed by atoms with van der Waals surface area (Å²) >= 11 is 3.34. The zero-order chi connectivity index (χ0) is 11.4. The molecule has 16 heavy (non-hydrogen) atoms. The summed E-state index contributed by atoms with van der Waals surface area (Å²) in [6.07, 6.45) is 2.65. The number of halogens is 1. The van der Waals surface area contributed by atoms with E-state index < -0.39 is 0 Å². The molecule has 0 spiro atoms. The zero-order valence-corrected chi connectivity index (χ0v) is 11.3. The molecule has 1 atom stereocenters. The van der Waals surface area contributed by atoms with Gasteiger partial charge in [0.05, 0.1) is 6.54 Å². The Bertz CT molecular complexity index is 325. The normalized spacial score (nSPS) is 22.5. The fourth-order valence-electron chi connectivity index (χ4n) is 2.41. The Balaban J connectivity index is 1.85. The molecule has 1 unspecified atom stereocenters. The molecule has 1 aliphatic rings. The number of piperidine rings is 1. The van der Waals surface area contributed by atoms with Crippen LogP contribution in [0.25, 0.3) is 0 Å². The van der Waals surface area contributed by atoms with Gasteiger partial charge in [0.15, 0.2) is 4.67 Å². The molecule has 1 aromatic heterocycles. The number of hydrogen-bond donors (Lipinski definition) is 1. The van der Waals surface area contributed by atoms with Gasteiger partial charge in [0, 0.05) is 6.54 Å². The van der Waals surface area contributed by atoms with E-state index in [4.69, 9.17) is 4.42 Å². The third kappa shape index (κ3) is 3.34. The van der Waals surface area contributed by atoms with E-state index in [0.29, 0.717) is 0 Å². The summed E-state index contributed by atoms with van der Waals surface area (Å²) in [7, 11) is 2.03. The van der Waals surface area contributed by atoms with E-state index in [9.17, 15) is 0 Å². The van der Waals surface area contributed by atoms with Gasteiger partial charge in [-0.15, -0.1) is 0 Å². The van der Waals surface area contributed by atoms with Gasteiger partial charge in [0.25, 0.3) is 0 Å². The Labute approximate surface area is 105 Å². The first-order valence-corrected chi connectivity index (χ1v) is 6.68. The maximum atomic E-state index is 5.54. The van der Waals surface area contributed by atoms with Gasteiger partial charge >= 0.3 is 0 Å². The first kappa shape index (κ1) is 12.1. The summed E-state index contributed by atoms with van der Waals surface area (Å²) in [5.41, 5.74) is 0. The van der Waals surface area contributed by atoms with Crippen LogP contribution in [-0.4, -0.2) is 31.6 Å². The minimum absolute atomic E-state index is 0.789. The van der Waals surface area contributed by atoms with Crippen LogP contribution in [0.15, 0.2) is 21.2 Å². The minimum Gasteiger partial charge on any atom is -0.453 e. The van der Waals surface area contributed by atoms with E-state index in [1.54, 1.807) is 0 Å². The highest BCUT2D eigenvalue weighted by Crippen LogP contribution is 2.20. The van der Waals surface area contributed by atoms with Crippen molar-refractivity contribution in [3.05, 3.63) is 22.6 Å². The molecule has 0 aromatic carbocycles. The molecule has 1 saturated heterocycles. The summed E-state index contributed by atoms with van der Waals surface area (Å²) in [6.45, 7) is 4.43. The SMILES string of the molecule is CNCC1CCCN(Cc2ccc(Br)o2)C1. The van der Waals surface area contributed by atoms with E-state index >= 15 is 0 Å². The van der Waals surface area contributed by atoms with Crippen molar-refractivity contribution in [2.24, 2.45) is 5.92 Å². The molecule has 1 aromatic rings. The molecule has 2 heterocycles. The van der Waals surface area contributed by atoms with E-state index in [2.05, 4.69) is 26.1 Å². The van der Waals surface area contributed by atoms with Crippen LogP contribution in [0.3, 0.4) is 0 Å². The third-order valence-electron chi connectivity index (χ3n) is 3.10. The van der Waals surface area contributed by atoms with Gasteiger partial charge in [-0.2, -0.15) is 0 Å². The Morgan fingerprint density at radius 1 is 1.56 bits per heavy atom. The number of nitrogens with zero attached hydrogens (tertiary/aromatic N) is 1. The number of furan rings is 1. The monoisotopic (exact) mass is 286 g/mol. The third-order valence-corrected chi connectivity index (χ3v) is 3.53. The molecular formula is C12H19BrN2O. The smallest absolute Gasteiger partial charge is 0.169 e. The molecule has 0 aliphatic carbocycles. The molecule has 3 nitrogen and oxygen atoms in total. The highest BCUT2D eigenvalue weighted by Gasteiger charge is 2.19. The van der Waals surface area contributed by atoms with Gasteiger partial charge in [-0.25, -0.2) is 0 Å².